The summed E-state index contributed by atoms with van der Waals surface area (Å²) in [4.78, 5) is 32.2. The van der Waals surface area contributed by atoms with Crippen LogP contribution in [-0.2, 0) is 16.1 Å². The van der Waals surface area contributed by atoms with Crippen molar-refractivity contribution in [2.24, 2.45) is 4.99 Å². The highest BCUT2D eigenvalue weighted by atomic mass is 79.9. The van der Waals surface area contributed by atoms with Crippen molar-refractivity contribution in [2.75, 3.05) is 7.11 Å². The van der Waals surface area contributed by atoms with Gasteiger partial charge in [0.05, 0.1) is 33.4 Å². The summed E-state index contributed by atoms with van der Waals surface area (Å²) < 4.78 is 14.9. The molecular formula is C30H23Br2ClN2O4S. The van der Waals surface area contributed by atoms with Gasteiger partial charge in [-0.2, -0.15) is 0 Å². The average molecular weight is 703 g/mol. The zero-order chi connectivity index (χ0) is 28.4. The number of carbonyl (C=O) groups excluding carboxylic acids is 1. The van der Waals surface area contributed by atoms with Gasteiger partial charge >= 0.3 is 5.97 Å². The Morgan fingerprint density at radius 1 is 1.12 bits per heavy atom. The molecule has 0 bridgehead atoms. The van der Waals surface area contributed by atoms with E-state index in [9.17, 15) is 9.59 Å². The fraction of sp³-hybridized carbons (Fsp3) is 0.167. The Kier molecular flexibility index (Phi) is 8.75. The molecule has 3 aromatic carbocycles. The zero-order valence-corrected chi connectivity index (χ0v) is 26.2. The maximum Gasteiger partial charge on any atom is 0.338 e. The Bertz CT molecular complexity index is 1800. The Hall–Kier alpha value is -2.98. The minimum atomic E-state index is -0.656. The van der Waals surface area contributed by atoms with Crippen LogP contribution in [0.2, 0.25) is 5.02 Å². The van der Waals surface area contributed by atoms with Gasteiger partial charge in [0.15, 0.2) is 4.80 Å². The van der Waals surface area contributed by atoms with E-state index in [-0.39, 0.29) is 5.56 Å². The van der Waals surface area contributed by atoms with Gasteiger partial charge in [0.25, 0.3) is 5.56 Å². The maximum atomic E-state index is 14.0. The van der Waals surface area contributed by atoms with Crippen LogP contribution in [-0.4, -0.2) is 17.6 Å². The van der Waals surface area contributed by atoms with E-state index in [0.717, 1.165) is 20.1 Å². The molecule has 1 atom stereocenters. The summed E-state index contributed by atoms with van der Waals surface area (Å²) in [6.45, 7) is 2.25. The van der Waals surface area contributed by atoms with Gasteiger partial charge in [-0.1, -0.05) is 88.3 Å². The van der Waals surface area contributed by atoms with Gasteiger partial charge in [-0.25, -0.2) is 9.79 Å². The lowest BCUT2D eigenvalue weighted by molar-refractivity contribution is -0.136. The van der Waals surface area contributed by atoms with Crippen LogP contribution in [0.15, 0.2) is 96.7 Å². The summed E-state index contributed by atoms with van der Waals surface area (Å²) in [5.41, 5.74) is 3.18. The van der Waals surface area contributed by atoms with Crippen LogP contribution in [0.1, 0.15) is 36.1 Å². The minimum Gasteiger partial charge on any atom is -0.487 e. The van der Waals surface area contributed by atoms with Gasteiger partial charge in [-0.15, -0.1) is 0 Å². The maximum absolute atomic E-state index is 14.0. The predicted molar refractivity (Wildman–Crippen MR) is 164 cm³/mol. The van der Waals surface area contributed by atoms with E-state index in [1.165, 1.54) is 18.4 Å². The molecule has 0 radical (unpaired) electrons. The molecule has 204 valence electrons. The fourth-order valence-electron chi connectivity index (χ4n) is 4.53. The van der Waals surface area contributed by atoms with Crippen LogP contribution in [0.4, 0.5) is 0 Å². The first-order chi connectivity index (χ1) is 19.3. The number of fused-ring (bicyclic) bond motifs is 1. The molecule has 4 aromatic rings. The molecular weight excluding hydrogens is 680 g/mol. The van der Waals surface area contributed by atoms with Crippen LogP contribution in [0.25, 0.3) is 6.08 Å². The molecule has 0 unspecified atom stereocenters. The number of halogens is 3. The number of allylic oxidation sites excluding steroid dienone is 1. The first-order valence-electron chi connectivity index (χ1n) is 12.3. The average Bonchev–Trinajstić information content (AvgIpc) is 3.26. The summed E-state index contributed by atoms with van der Waals surface area (Å²) >= 11 is 14.5. The molecule has 0 aliphatic carbocycles. The number of nitrogens with zero attached hydrogens (tertiary/aromatic N) is 2. The lowest BCUT2D eigenvalue weighted by Gasteiger charge is -2.25. The third kappa shape index (κ3) is 5.74. The third-order valence-electron chi connectivity index (χ3n) is 6.39. The molecule has 6 nitrogen and oxygen atoms in total. The summed E-state index contributed by atoms with van der Waals surface area (Å²) in [6, 6.07) is 20.0. The van der Waals surface area contributed by atoms with Crippen molar-refractivity contribution in [3.05, 3.63) is 128 Å². The molecule has 0 fully saturated rings. The summed E-state index contributed by atoms with van der Waals surface area (Å²) in [5, 5.41) is 0.653. The number of ether oxygens (including phenoxy) is 2. The lowest BCUT2D eigenvalue weighted by atomic mass is 9.95. The van der Waals surface area contributed by atoms with E-state index in [0.29, 0.717) is 50.0 Å². The van der Waals surface area contributed by atoms with Crippen LogP contribution in [0, 0.1) is 0 Å². The van der Waals surface area contributed by atoms with Crippen molar-refractivity contribution < 1.29 is 14.3 Å². The van der Waals surface area contributed by atoms with E-state index in [1.54, 1.807) is 10.6 Å². The highest BCUT2D eigenvalue weighted by Gasteiger charge is 2.33. The monoisotopic (exact) mass is 700 g/mol. The normalized spacial score (nSPS) is 15.0. The Morgan fingerprint density at radius 3 is 2.52 bits per heavy atom. The molecule has 0 saturated heterocycles. The SMILES string of the molecule is CCC1=C(C(=O)OC)[C@@H](c2ccccc2)n2c(s/c(=C/c3cc(Br)cc(Br)c3OCc3ccc(Cl)cc3)c2=O)=N1. The number of hydrogen-bond acceptors (Lipinski definition) is 6. The smallest absolute Gasteiger partial charge is 0.338 e. The van der Waals surface area contributed by atoms with Crippen molar-refractivity contribution in [1.82, 2.24) is 4.57 Å². The molecule has 5 rings (SSSR count). The van der Waals surface area contributed by atoms with Crippen molar-refractivity contribution in [3.63, 3.8) is 0 Å². The molecule has 0 saturated carbocycles. The predicted octanol–water partition coefficient (Wildman–Crippen LogP) is 6.56. The van der Waals surface area contributed by atoms with E-state index < -0.39 is 12.0 Å². The van der Waals surface area contributed by atoms with Crippen molar-refractivity contribution >= 4 is 66.8 Å². The van der Waals surface area contributed by atoms with Crippen LogP contribution < -0.4 is 19.6 Å². The summed E-state index contributed by atoms with van der Waals surface area (Å²) in [7, 11) is 1.34. The summed E-state index contributed by atoms with van der Waals surface area (Å²) in [5.74, 6) is 0.0885. The molecule has 1 aliphatic heterocycles. The van der Waals surface area contributed by atoms with Gasteiger partial charge in [0.1, 0.15) is 12.4 Å². The highest BCUT2D eigenvalue weighted by Crippen LogP contribution is 2.35. The second-order valence-corrected chi connectivity index (χ2v) is 12.1. The Morgan fingerprint density at radius 2 is 1.85 bits per heavy atom. The van der Waals surface area contributed by atoms with Gasteiger partial charge in [0.2, 0.25) is 0 Å². The fourth-order valence-corrected chi connectivity index (χ4v) is 7.04. The first kappa shape index (κ1) is 28.5. The van der Waals surface area contributed by atoms with Crippen molar-refractivity contribution in [2.45, 2.75) is 26.0 Å². The van der Waals surface area contributed by atoms with Crippen molar-refractivity contribution in [1.29, 1.82) is 0 Å². The number of methoxy groups -OCH3 is 1. The largest absolute Gasteiger partial charge is 0.487 e. The summed E-state index contributed by atoms with van der Waals surface area (Å²) in [6.07, 6.45) is 2.31. The van der Waals surface area contributed by atoms with Gasteiger partial charge < -0.3 is 9.47 Å². The standard InChI is InChI=1S/C30H23Br2ClN2O4S/c1-3-23-25(29(37)38-2)26(18-7-5-4-6-8-18)35-28(36)24(40-30(35)34-23)14-19-13-20(31)15-22(32)27(19)39-16-17-9-11-21(33)12-10-17/h4-15,26H,3,16H2,1-2H3/b24-14+/t26-/m1/s1. The first-order valence-corrected chi connectivity index (χ1v) is 15.1. The minimum absolute atomic E-state index is 0.256. The molecule has 1 aliphatic rings. The topological polar surface area (TPSA) is 69.9 Å². The quantitative estimate of drug-likeness (QED) is 0.205. The molecule has 10 heteroatoms. The Balaban J connectivity index is 1.66. The van der Waals surface area contributed by atoms with Gasteiger partial charge in [0, 0.05) is 15.1 Å². The number of carbonyl (C=O) groups is 1. The van der Waals surface area contributed by atoms with Gasteiger partial charge in [-0.3, -0.25) is 9.36 Å². The number of hydrogen-bond donors (Lipinski definition) is 0. The van der Waals surface area contributed by atoms with Gasteiger partial charge in [-0.05, 0) is 63.8 Å². The number of thiazole rings is 1. The number of aromatic nitrogens is 1. The molecule has 40 heavy (non-hydrogen) atoms. The van der Waals surface area contributed by atoms with Crippen LogP contribution in [0.3, 0.4) is 0 Å². The molecule has 0 N–H and O–H groups in total. The highest BCUT2D eigenvalue weighted by molar-refractivity contribution is 9.11. The van der Waals surface area contributed by atoms with E-state index >= 15 is 0 Å². The van der Waals surface area contributed by atoms with E-state index in [1.807, 2.05) is 73.7 Å². The second kappa shape index (κ2) is 12.3. The number of benzene rings is 3. The lowest BCUT2D eigenvalue weighted by Crippen LogP contribution is -2.40. The van der Waals surface area contributed by atoms with Crippen molar-refractivity contribution in [3.8, 4) is 5.75 Å². The molecule has 1 aromatic heterocycles. The van der Waals surface area contributed by atoms with E-state index in [4.69, 9.17) is 26.1 Å². The molecule has 0 spiro atoms. The van der Waals surface area contributed by atoms with E-state index in [2.05, 4.69) is 31.9 Å². The molecule has 0 amide bonds. The van der Waals surface area contributed by atoms with Crippen LogP contribution >= 0.6 is 54.8 Å². The zero-order valence-electron chi connectivity index (χ0n) is 21.5. The van der Waals surface area contributed by atoms with Crippen LogP contribution in [0.5, 0.6) is 5.75 Å². The number of esters is 1. The second-order valence-electron chi connectivity index (χ2n) is 8.92. The molecule has 2 heterocycles. The Labute approximate surface area is 256 Å². The third-order valence-corrected chi connectivity index (χ3v) is 8.67. The number of rotatable bonds is 7.